The van der Waals surface area contributed by atoms with Crippen molar-refractivity contribution in [1.82, 2.24) is 0 Å². The number of rotatable bonds is 3. The minimum atomic E-state index is -4.87. The Hall–Kier alpha value is -1.52. The number of benzene rings is 1. The fourth-order valence-electron chi connectivity index (χ4n) is 4.01. The van der Waals surface area contributed by atoms with Crippen LogP contribution in [0.3, 0.4) is 0 Å². The molecule has 132 valence electrons. The Bertz CT molecular complexity index is 625. The van der Waals surface area contributed by atoms with Gasteiger partial charge in [-0.25, -0.2) is 4.39 Å². The molecule has 0 N–H and O–H groups in total. The maximum atomic E-state index is 14.3. The molecule has 5 heteroatoms. The number of fused-ring (bicyclic) bond motifs is 1. The van der Waals surface area contributed by atoms with Gasteiger partial charge in [-0.3, -0.25) is 0 Å². The van der Waals surface area contributed by atoms with E-state index in [-0.39, 0.29) is 0 Å². The van der Waals surface area contributed by atoms with Gasteiger partial charge in [-0.05, 0) is 67.6 Å². The van der Waals surface area contributed by atoms with Gasteiger partial charge in [0, 0.05) is 0 Å². The van der Waals surface area contributed by atoms with Gasteiger partial charge in [0.05, 0.1) is 0 Å². The number of allylic oxidation sites excluding steroid dienone is 2. The first-order chi connectivity index (χ1) is 11.4. The lowest BCUT2D eigenvalue weighted by atomic mass is 9.74. The smallest absolute Gasteiger partial charge is 0.403 e. The Morgan fingerprint density at radius 1 is 1.12 bits per heavy atom. The van der Waals surface area contributed by atoms with Crippen molar-refractivity contribution in [3.63, 3.8) is 0 Å². The normalized spacial score (nSPS) is 24.3. The van der Waals surface area contributed by atoms with Crippen LogP contribution in [0.4, 0.5) is 17.6 Å². The molecular formula is C19H22F4O. The van der Waals surface area contributed by atoms with Crippen molar-refractivity contribution < 1.29 is 22.3 Å². The summed E-state index contributed by atoms with van der Waals surface area (Å²) in [5, 5.41) is 0. The lowest BCUT2D eigenvalue weighted by Crippen LogP contribution is -2.21. The molecule has 1 fully saturated rings. The van der Waals surface area contributed by atoms with Crippen molar-refractivity contribution in [2.45, 2.75) is 58.2 Å². The van der Waals surface area contributed by atoms with Gasteiger partial charge in [-0.1, -0.05) is 31.1 Å². The average molecular weight is 342 g/mol. The highest BCUT2D eigenvalue weighted by molar-refractivity contribution is 5.44. The van der Waals surface area contributed by atoms with E-state index >= 15 is 0 Å². The quantitative estimate of drug-likeness (QED) is 0.486. The molecule has 0 radical (unpaired) electrons. The van der Waals surface area contributed by atoms with Gasteiger partial charge >= 0.3 is 6.36 Å². The zero-order chi connectivity index (χ0) is 17.3. The summed E-state index contributed by atoms with van der Waals surface area (Å²) in [6, 6.07) is 2.67. The second kappa shape index (κ2) is 6.77. The van der Waals surface area contributed by atoms with Crippen LogP contribution in [0.1, 0.15) is 50.2 Å². The molecule has 0 unspecified atom stereocenters. The standard InChI is InChI=1S/C19H22F4O/c1-2-12-3-5-13(6-4-12)14-7-9-16-15(11-14)8-10-17(18(16)20)24-19(21,22)23/h7-8,10,12-13H,2-6,9,11H2,1H3. The van der Waals surface area contributed by atoms with E-state index in [1.807, 2.05) is 6.08 Å². The molecular weight excluding hydrogens is 320 g/mol. The second-order valence-corrected chi connectivity index (χ2v) is 6.85. The summed E-state index contributed by atoms with van der Waals surface area (Å²) in [7, 11) is 0. The van der Waals surface area contributed by atoms with Crippen LogP contribution in [0.15, 0.2) is 23.8 Å². The van der Waals surface area contributed by atoms with Gasteiger partial charge in [0.25, 0.3) is 0 Å². The minimum absolute atomic E-state index is 0.336. The first-order valence-electron chi connectivity index (χ1n) is 8.62. The number of alkyl halides is 3. The van der Waals surface area contributed by atoms with Gasteiger partial charge in [0.15, 0.2) is 11.6 Å². The molecule has 2 aliphatic carbocycles. The van der Waals surface area contributed by atoms with E-state index in [1.54, 1.807) is 6.07 Å². The van der Waals surface area contributed by atoms with Crippen LogP contribution >= 0.6 is 0 Å². The monoisotopic (exact) mass is 342 g/mol. The van der Waals surface area contributed by atoms with E-state index in [2.05, 4.69) is 11.7 Å². The van der Waals surface area contributed by atoms with Crippen LogP contribution < -0.4 is 4.74 Å². The molecule has 0 saturated heterocycles. The molecule has 2 aliphatic rings. The van der Waals surface area contributed by atoms with E-state index < -0.39 is 17.9 Å². The zero-order valence-electron chi connectivity index (χ0n) is 13.8. The Labute approximate surface area is 139 Å². The predicted octanol–water partition coefficient (Wildman–Crippen LogP) is 5.97. The fourth-order valence-corrected chi connectivity index (χ4v) is 4.01. The molecule has 24 heavy (non-hydrogen) atoms. The van der Waals surface area contributed by atoms with Gasteiger partial charge in [-0.15, -0.1) is 13.2 Å². The van der Waals surface area contributed by atoms with Crippen LogP contribution in [0.5, 0.6) is 5.75 Å². The predicted molar refractivity (Wildman–Crippen MR) is 84.3 cm³/mol. The molecule has 0 aromatic heterocycles. The Morgan fingerprint density at radius 3 is 2.46 bits per heavy atom. The second-order valence-electron chi connectivity index (χ2n) is 6.85. The summed E-state index contributed by atoms with van der Waals surface area (Å²) >= 11 is 0. The number of halogens is 4. The third kappa shape index (κ3) is 3.76. The van der Waals surface area contributed by atoms with Gasteiger partial charge in [-0.2, -0.15) is 0 Å². The molecule has 0 heterocycles. The van der Waals surface area contributed by atoms with Gasteiger partial charge in [0.2, 0.25) is 0 Å². The van der Waals surface area contributed by atoms with E-state index in [9.17, 15) is 17.6 Å². The third-order valence-corrected chi connectivity index (χ3v) is 5.44. The number of hydrogen-bond donors (Lipinski definition) is 0. The molecule has 0 amide bonds. The summed E-state index contributed by atoms with van der Waals surface area (Å²) < 4.78 is 55.0. The Balaban J connectivity index is 1.73. The zero-order valence-corrected chi connectivity index (χ0v) is 13.8. The average Bonchev–Trinajstić information content (AvgIpc) is 2.56. The van der Waals surface area contributed by atoms with E-state index in [1.165, 1.54) is 24.8 Å². The Morgan fingerprint density at radius 2 is 1.83 bits per heavy atom. The number of hydrogen-bond acceptors (Lipinski definition) is 1. The van der Waals surface area contributed by atoms with Crippen molar-refractivity contribution in [2.75, 3.05) is 0 Å². The van der Waals surface area contributed by atoms with Crippen molar-refractivity contribution in [2.24, 2.45) is 11.8 Å². The first kappa shape index (κ1) is 17.3. The largest absolute Gasteiger partial charge is 0.573 e. The summed E-state index contributed by atoms with van der Waals surface area (Å²) in [6.07, 6.45) is 4.15. The van der Waals surface area contributed by atoms with E-state index in [0.29, 0.717) is 24.3 Å². The number of ether oxygens (including phenoxy) is 1. The van der Waals surface area contributed by atoms with Crippen LogP contribution in [-0.2, 0) is 12.8 Å². The molecule has 1 aromatic rings. The molecule has 0 spiro atoms. The third-order valence-electron chi connectivity index (χ3n) is 5.44. The lowest BCUT2D eigenvalue weighted by molar-refractivity contribution is -0.275. The molecule has 0 atom stereocenters. The molecule has 3 rings (SSSR count). The summed E-state index contributed by atoms with van der Waals surface area (Å²) in [5.41, 5.74) is 2.45. The van der Waals surface area contributed by atoms with Crippen molar-refractivity contribution in [3.05, 3.63) is 40.7 Å². The van der Waals surface area contributed by atoms with E-state index in [4.69, 9.17) is 0 Å². The minimum Gasteiger partial charge on any atom is -0.403 e. The fraction of sp³-hybridized carbons (Fsp3) is 0.579. The molecule has 0 aliphatic heterocycles. The van der Waals surface area contributed by atoms with Crippen LogP contribution in [0, 0.1) is 17.7 Å². The SMILES string of the molecule is CCC1CCC(C2=CCc3c(ccc(OC(F)(F)F)c3F)C2)CC1. The van der Waals surface area contributed by atoms with Crippen LogP contribution in [-0.4, -0.2) is 6.36 Å². The molecule has 1 nitrogen and oxygen atoms in total. The summed E-state index contributed by atoms with van der Waals surface area (Å²) in [5.74, 6) is -0.260. The van der Waals surface area contributed by atoms with Gasteiger partial charge in [0.1, 0.15) is 0 Å². The maximum Gasteiger partial charge on any atom is 0.573 e. The van der Waals surface area contributed by atoms with Crippen LogP contribution in [0.25, 0.3) is 0 Å². The van der Waals surface area contributed by atoms with Crippen molar-refractivity contribution in [3.8, 4) is 5.75 Å². The van der Waals surface area contributed by atoms with Crippen LogP contribution in [0.2, 0.25) is 0 Å². The topological polar surface area (TPSA) is 9.23 Å². The maximum absolute atomic E-state index is 14.3. The molecule has 1 saturated carbocycles. The van der Waals surface area contributed by atoms with Crippen molar-refractivity contribution in [1.29, 1.82) is 0 Å². The van der Waals surface area contributed by atoms with Gasteiger partial charge < -0.3 is 4.74 Å². The lowest BCUT2D eigenvalue weighted by Gasteiger charge is -2.31. The highest BCUT2D eigenvalue weighted by Gasteiger charge is 2.33. The summed E-state index contributed by atoms with van der Waals surface area (Å²) in [4.78, 5) is 0. The first-order valence-corrected chi connectivity index (χ1v) is 8.62. The summed E-state index contributed by atoms with van der Waals surface area (Å²) in [6.45, 7) is 2.23. The van der Waals surface area contributed by atoms with E-state index in [0.717, 1.165) is 30.4 Å². The highest BCUT2D eigenvalue weighted by atomic mass is 19.4. The molecule has 1 aromatic carbocycles. The molecule has 0 bridgehead atoms. The Kier molecular flexibility index (Phi) is 4.88. The highest BCUT2D eigenvalue weighted by Crippen LogP contribution is 2.39. The van der Waals surface area contributed by atoms with Crippen molar-refractivity contribution >= 4 is 0 Å².